The van der Waals surface area contributed by atoms with Crippen LogP contribution < -0.4 is 5.32 Å². The molecule has 25 heavy (non-hydrogen) atoms. The lowest BCUT2D eigenvalue weighted by Crippen LogP contribution is -2.48. The SMILES string of the molecule is CC(C)CC(NC(Cc1ccc(-c2ccsc2)cc1)C(=O)O)C(=O)O. The first-order chi connectivity index (χ1) is 11.9. The Balaban J connectivity index is 2.08. The summed E-state index contributed by atoms with van der Waals surface area (Å²) >= 11 is 1.62. The molecule has 0 aliphatic heterocycles. The average Bonchev–Trinajstić information content (AvgIpc) is 3.07. The highest BCUT2D eigenvalue weighted by molar-refractivity contribution is 7.08. The van der Waals surface area contributed by atoms with E-state index >= 15 is 0 Å². The first kappa shape index (κ1) is 19.1. The molecule has 2 atom stereocenters. The molecule has 134 valence electrons. The molecule has 1 aromatic heterocycles. The molecule has 2 aromatic rings. The summed E-state index contributed by atoms with van der Waals surface area (Å²) in [5.41, 5.74) is 3.06. The van der Waals surface area contributed by atoms with Gasteiger partial charge in [0, 0.05) is 0 Å². The third-order valence-corrected chi connectivity index (χ3v) is 4.64. The Morgan fingerprint density at radius 1 is 1.00 bits per heavy atom. The van der Waals surface area contributed by atoms with Crippen molar-refractivity contribution in [3.05, 3.63) is 46.7 Å². The van der Waals surface area contributed by atoms with Crippen molar-refractivity contribution in [2.24, 2.45) is 5.92 Å². The molecule has 0 bridgehead atoms. The van der Waals surface area contributed by atoms with E-state index in [0.717, 1.165) is 16.7 Å². The lowest BCUT2D eigenvalue weighted by molar-refractivity contribution is -0.142. The fraction of sp³-hybridized carbons (Fsp3) is 0.368. The largest absolute Gasteiger partial charge is 0.480 e. The summed E-state index contributed by atoms with van der Waals surface area (Å²) in [6, 6.07) is 7.92. The maximum Gasteiger partial charge on any atom is 0.321 e. The van der Waals surface area contributed by atoms with E-state index in [2.05, 4.69) is 10.7 Å². The van der Waals surface area contributed by atoms with Crippen LogP contribution in [-0.2, 0) is 16.0 Å². The zero-order valence-corrected chi connectivity index (χ0v) is 15.1. The molecule has 1 aromatic carbocycles. The molecule has 0 saturated carbocycles. The number of carbonyl (C=O) groups is 2. The van der Waals surface area contributed by atoms with E-state index < -0.39 is 24.0 Å². The smallest absolute Gasteiger partial charge is 0.321 e. The van der Waals surface area contributed by atoms with Crippen molar-refractivity contribution < 1.29 is 19.8 Å². The third-order valence-electron chi connectivity index (χ3n) is 3.95. The van der Waals surface area contributed by atoms with Gasteiger partial charge in [-0.15, -0.1) is 0 Å². The zero-order valence-electron chi connectivity index (χ0n) is 14.3. The van der Waals surface area contributed by atoms with Gasteiger partial charge < -0.3 is 10.2 Å². The summed E-state index contributed by atoms with van der Waals surface area (Å²) in [7, 11) is 0. The van der Waals surface area contributed by atoms with Gasteiger partial charge >= 0.3 is 11.9 Å². The summed E-state index contributed by atoms with van der Waals surface area (Å²) < 4.78 is 0. The van der Waals surface area contributed by atoms with Crippen LogP contribution in [0.1, 0.15) is 25.8 Å². The van der Waals surface area contributed by atoms with E-state index in [4.69, 9.17) is 0 Å². The van der Waals surface area contributed by atoms with Crippen molar-refractivity contribution in [2.75, 3.05) is 0 Å². The molecule has 0 radical (unpaired) electrons. The highest BCUT2D eigenvalue weighted by Crippen LogP contribution is 2.22. The van der Waals surface area contributed by atoms with E-state index in [9.17, 15) is 19.8 Å². The molecule has 0 aliphatic carbocycles. The molecule has 3 N–H and O–H groups in total. The molecule has 6 heteroatoms. The molecule has 2 rings (SSSR count). The van der Waals surface area contributed by atoms with Gasteiger partial charge in [-0.1, -0.05) is 38.1 Å². The number of carboxylic acid groups (broad SMARTS) is 2. The normalized spacial score (nSPS) is 13.6. The number of thiophene rings is 1. The first-order valence-corrected chi connectivity index (χ1v) is 9.14. The predicted octanol–water partition coefficient (Wildman–Crippen LogP) is 3.50. The predicted molar refractivity (Wildman–Crippen MR) is 98.9 cm³/mol. The number of benzene rings is 1. The molecule has 0 aliphatic rings. The topological polar surface area (TPSA) is 86.6 Å². The highest BCUT2D eigenvalue weighted by Gasteiger charge is 2.26. The van der Waals surface area contributed by atoms with Crippen LogP contribution in [0.25, 0.3) is 11.1 Å². The van der Waals surface area contributed by atoms with Gasteiger partial charge in [0.15, 0.2) is 0 Å². The Kier molecular flexibility index (Phi) is 6.73. The summed E-state index contributed by atoms with van der Waals surface area (Å²) in [6.07, 6.45) is 0.622. The van der Waals surface area contributed by atoms with Gasteiger partial charge in [0.25, 0.3) is 0 Å². The van der Waals surface area contributed by atoms with Crippen molar-refractivity contribution in [1.82, 2.24) is 5.32 Å². The Bertz CT molecular complexity index is 695. The summed E-state index contributed by atoms with van der Waals surface area (Å²) in [6.45, 7) is 3.83. The quantitative estimate of drug-likeness (QED) is 0.636. The number of hydrogen-bond acceptors (Lipinski definition) is 4. The van der Waals surface area contributed by atoms with Gasteiger partial charge in [-0.2, -0.15) is 11.3 Å². The van der Waals surface area contributed by atoms with Crippen LogP contribution in [0.15, 0.2) is 41.1 Å². The van der Waals surface area contributed by atoms with Gasteiger partial charge in [-0.25, -0.2) is 0 Å². The Labute approximate surface area is 151 Å². The Morgan fingerprint density at radius 3 is 2.12 bits per heavy atom. The van der Waals surface area contributed by atoms with Crippen molar-refractivity contribution in [3.63, 3.8) is 0 Å². The fourth-order valence-electron chi connectivity index (χ4n) is 2.67. The number of rotatable bonds is 9. The third kappa shape index (κ3) is 5.69. The van der Waals surface area contributed by atoms with Crippen molar-refractivity contribution in [2.45, 2.75) is 38.8 Å². The summed E-state index contributed by atoms with van der Waals surface area (Å²) in [5.74, 6) is -1.90. The van der Waals surface area contributed by atoms with Crippen LogP contribution in [0.5, 0.6) is 0 Å². The van der Waals surface area contributed by atoms with Gasteiger partial charge in [0.05, 0.1) is 0 Å². The van der Waals surface area contributed by atoms with Crippen LogP contribution in [0, 0.1) is 5.92 Å². The standard InChI is InChI=1S/C19H23NO4S/c1-12(2)9-16(18(21)22)20-17(19(23)24)10-13-3-5-14(6-4-13)15-7-8-25-11-15/h3-8,11-12,16-17,20H,9-10H2,1-2H3,(H,21,22)(H,23,24). The van der Waals surface area contributed by atoms with E-state index in [0.29, 0.717) is 6.42 Å². The monoisotopic (exact) mass is 361 g/mol. The second-order valence-corrected chi connectivity index (χ2v) is 7.27. The molecule has 0 amide bonds. The minimum Gasteiger partial charge on any atom is -0.480 e. The van der Waals surface area contributed by atoms with Gasteiger partial charge in [-0.3, -0.25) is 14.9 Å². The second-order valence-electron chi connectivity index (χ2n) is 6.49. The maximum absolute atomic E-state index is 11.5. The minimum absolute atomic E-state index is 0.160. The fourth-order valence-corrected chi connectivity index (χ4v) is 3.33. The van der Waals surface area contributed by atoms with Crippen molar-refractivity contribution in [3.8, 4) is 11.1 Å². The van der Waals surface area contributed by atoms with E-state index in [1.807, 2.05) is 49.6 Å². The molecule has 2 unspecified atom stereocenters. The van der Waals surface area contributed by atoms with Gasteiger partial charge in [0.1, 0.15) is 12.1 Å². The average molecular weight is 361 g/mol. The highest BCUT2D eigenvalue weighted by atomic mass is 32.1. The molecule has 1 heterocycles. The summed E-state index contributed by atoms with van der Waals surface area (Å²) in [5, 5.41) is 25.6. The molecular weight excluding hydrogens is 338 g/mol. The summed E-state index contributed by atoms with van der Waals surface area (Å²) in [4.78, 5) is 22.9. The lowest BCUT2D eigenvalue weighted by atomic mass is 9.99. The zero-order chi connectivity index (χ0) is 18.4. The van der Waals surface area contributed by atoms with E-state index in [1.165, 1.54) is 0 Å². The molecular formula is C19H23NO4S. The molecule has 5 nitrogen and oxygen atoms in total. The molecule has 0 spiro atoms. The van der Waals surface area contributed by atoms with Crippen LogP contribution in [0.3, 0.4) is 0 Å². The minimum atomic E-state index is -1.04. The lowest BCUT2D eigenvalue weighted by Gasteiger charge is -2.21. The Morgan fingerprint density at radius 2 is 1.64 bits per heavy atom. The molecule has 0 saturated heterocycles. The first-order valence-electron chi connectivity index (χ1n) is 8.20. The van der Waals surface area contributed by atoms with Crippen LogP contribution in [0.2, 0.25) is 0 Å². The number of aliphatic carboxylic acids is 2. The van der Waals surface area contributed by atoms with Crippen molar-refractivity contribution in [1.29, 1.82) is 0 Å². The van der Waals surface area contributed by atoms with Crippen LogP contribution >= 0.6 is 11.3 Å². The number of hydrogen-bond donors (Lipinski definition) is 3. The molecule has 0 fully saturated rings. The van der Waals surface area contributed by atoms with E-state index in [-0.39, 0.29) is 12.3 Å². The van der Waals surface area contributed by atoms with E-state index in [1.54, 1.807) is 11.3 Å². The Hall–Kier alpha value is -2.18. The van der Waals surface area contributed by atoms with Crippen LogP contribution in [0.4, 0.5) is 0 Å². The van der Waals surface area contributed by atoms with Gasteiger partial charge in [-0.05, 0) is 52.3 Å². The second kappa shape index (κ2) is 8.78. The number of carboxylic acids is 2. The van der Waals surface area contributed by atoms with Crippen molar-refractivity contribution >= 4 is 23.3 Å². The van der Waals surface area contributed by atoms with Crippen LogP contribution in [-0.4, -0.2) is 34.2 Å². The van der Waals surface area contributed by atoms with Gasteiger partial charge in [0.2, 0.25) is 0 Å². The number of nitrogens with one attached hydrogen (secondary N) is 1. The maximum atomic E-state index is 11.5.